The number of pyridine rings is 1. The van der Waals surface area contributed by atoms with Gasteiger partial charge in [-0.2, -0.15) is 0 Å². The van der Waals surface area contributed by atoms with Gasteiger partial charge in [-0.25, -0.2) is 0 Å². The number of nitrogens with zero attached hydrogens (tertiary/aromatic N) is 1. The average Bonchev–Trinajstić information content (AvgIpc) is 2.05. The molecule has 0 spiro atoms. The molecule has 1 amide bonds. The molecule has 0 fully saturated rings. The van der Waals surface area contributed by atoms with E-state index in [1.54, 1.807) is 24.5 Å². The Morgan fingerprint density at radius 2 is 2.08 bits per heavy atom. The fraction of sp³-hybridized carbons (Fsp3) is 0.250. The highest BCUT2D eigenvalue weighted by Gasteiger charge is 2.07. The van der Waals surface area contributed by atoms with E-state index in [0.717, 1.165) is 5.56 Å². The van der Waals surface area contributed by atoms with Crippen LogP contribution in [0.2, 0.25) is 0 Å². The molecular weight excluding hydrogens is 154 g/mol. The third-order valence-corrected chi connectivity index (χ3v) is 1.56. The lowest BCUT2D eigenvalue weighted by Gasteiger charge is -2.08. The molecule has 0 bridgehead atoms. The molecule has 0 unspecified atom stereocenters. The molecule has 12 heavy (non-hydrogen) atoms. The van der Waals surface area contributed by atoms with E-state index >= 15 is 0 Å². The van der Waals surface area contributed by atoms with Crippen molar-refractivity contribution in [2.24, 2.45) is 11.5 Å². The quantitative estimate of drug-likeness (QED) is 0.659. The Morgan fingerprint density at radius 3 is 2.58 bits per heavy atom. The Balaban J connectivity index is 2.65. The van der Waals surface area contributed by atoms with Crippen molar-refractivity contribution in [2.75, 3.05) is 0 Å². The predicted octanol–water partition coefficient (Wildman–Crippen LogP) is -0.0432. The number of hydrogen-bond acceptors (Lipinski definition) is 3. The molecule has 1 atom stereocenters. The number of amides is 1. The molecule has 64 valence electrons. The molecule has 0 saturated carbocycles. The highest BCUT2D eigenvalue weighted by atomic mass is 16.1. The zero-order chi connectivity index (χ0) is 8.97. The summed E-state index contributed by atoms with van der Waals surface area (Å²) in [6.45, 7) is 0. The second kappa shape index (κ2) is 3.82. The van der Waals surface area contributed by atoms with Gasteiger partial charge in [0.15, 0.2) is 0 Å². The number of aromatic nitrogens is 1. The van der Waals surface area contributed by atoms with Crippen molar-refractivity contribution < 1.29 is 4.79 Å². The molecule has 0 aliphatic heterocycles. The van der Waals surface area contributed by atoms with Crippen molar-refractivity contribution in [2.45, 2.75) is 12.5 Å². The molecule has 0 aromatic carbocycles. The summed E-state index contributed by atoms with van der Waals surface area (Å²) in [7, 11) is 0. The molecule has 0 aliphatic carbocycles. The van der Waals surface area contributed by atoms with E-state index < -0.39 is 0 Å². The highest BCUT2D eigenvalue weighted by molar-refractivity contribution is 5.74. The van der Waals surface area contributed by atoms with Gasteiger partial charge >= 0.3 is 0 Å². The highest BCUT2D eigenvalue weighted by Crippen LogP contribution is 2.11. The van der Waals surface area contributed by atoms with Gasteiger partial charge in [-0.05, 0) is 17.7 Å². The minimum absolute atomic E-state index is 0.171. The molecule has 4 nitrogen and oxygen atoms in total. The second-order valence-electron chi connectivity index (χ2n) is 2.56. The van der Waals surface area contributed by atoms with Crippen LogP contribution in [0.4, 0.5) is 0 Å². The Hall–Kier alpha value is -1.42. The molecule has 1 rings (SSSR count). The Labute approximate surface area is 70.6 Å². The lowest BCUT2D eigenvalue weighted by atomic mass is 10.1. The van der Waals surface area contributed by atoms with Crippen LogP contribution in [0.5, 0.6) is 0 Å². The van der Waals surface area contributed by atoms with Crippen molar-refractivity contribution in [3.8, 4) is 0 Å². The average molecular weight is 165 g/mol. The van der Waals surface area contributed by atoms with Gasteiger partial charge in [0, 0.05) is 24.9 Å². The fourth-order valence-corrected chi connectivity index (χ4v) is 0.945. The lowest BCUT2D eigenvalue weighted by molar-refractivity contribution is -0.118. The molecular formula is C8H11N3O. The molecule has 0 aliphatic rings. The van der Waals surface area contributed by atoms with Crippen LogP contribution in [0.3, 0.4) is 0 Å². The molecule has 1 heterocycles. The number of hydrogen-bond donors (Lipinski definition) is 2. The summed E-state index contributed by atoms with van der Waals surface area (Å²) < 4.78 is 0. The van der Waals surface area contributed by atoms with Gasteiger partial charge in [-0.1, -0.05) is 0 Å². The van der Waals surface area contributed by atoms with Crippen molar-refractivity contribution in [3.63, 3.8) is 0 Å². The molecule has 1 aromatic heterocycles. The van der Waals surface area contributed by atoms with Crippen LogP contribution in [0, 0.1) is 0 Å². The maximum absolute atomic E-state index is 10.5. The first-order valence-electron chi connectivity index (χ1n) is 3.64. The van der Waals surface area contributed by atoms with Crippen molar-refractivity contribution in [1.29, 1.82) is 0 Å². The van der Waals surface area contributed by atoms with Gasteiger partial charge in [-0.3, -0.25) is 9.78 Å². The summed E-state index contributed by atoms with van der Waals surface area (Å²) in [5.41, 5.74) is 11.5. The molecule has 0 radical (unpaired) electrons. The van der Waals surface area contributed by atoms with E-state index in [-0.39, 0.29) is 18.4 Å². The summed E-state index contributed by atoms with van der Waals surface area (Å²) in [5, 5.41) is 0. The Bertz CT molecular complexity index is 260. The number of carbonyl (C=O) groups excluding carboxylic acids is 1. The summed E-state index contributed by atoms with van der Waals surface area (Å²) in [6.07, 6.45) is 3.44. The standard InChI is InChI=1S/C8H11N3O/c9-7(5-8(10)12)6-1-3-11-4-2-6/h1-4,7H,5,9H2,(H2,10,12)/t7-/m1/s1. The molecule has 0 saturated heterocycles. The Kier molecular flexibility index (Phi) is 2.76. The Morgan fingerprint density at radius 1 is 1.50 bits per heavy atom. The van der Waals surface area contributed by atoms with Crippen LogP contribution >= 0.6 is 0 Å². The van der Waals surface area contributed by atoms with Crippen LogP contribution in [0.15, 0.2) is 24.5 Å². The summed E-state index contributed by atoms with van der Waals surface area (Å²) in [4.78, 5) is 14.3. The first kappa shape index (κ1) is 8.67. The van der Waals surface area contributed by atoms with Crippen LogP contribution in [-0.4, -0.2) is 10.9 Å². The number of rotatable bonds is 3. The van der Waals surface area contributed by atoms with E-state index in [1.165, 1.54) is 0 Å². The number of nitrogens with two attached hydrogens (primary N) is 2. The van der Waals surface area contributed by atoms with Gasteiger partial charge < -0.3 is 11.5 Å². The number of carbonyl (C=O) groups is 1. The van der Waals surface area contributed by atoms with Gasteiger partial charge in [-0.15, -0.1) is 0 Å². The lowest BCUT2D eigenvalue weighted by Crippen LogP contribution is -2.20. The van der Waals surface area contributed by atoms with Gasteiger partial charge in [0.1, 0.15) is 0 Å². The van der Waals surface area contributed by atoms with E-state index in [1.807, 2.05) is 0 Å². The third-order valence-electron chi connectivity index (χ3n) is 1.56. The van der Waals surface area contributed by atoms with Crippen LogP contribution in [0.1, 0.15) is 18.0 Å². The minimum Gasteiger partial charge on any atom is -0.370 e. The van der Waals surface area contributed by atoms with E-state index in [9.17, 15) is 4.79 Å². The van der Waals surface area contributed by atoms with Crippen molar-refractivity contribution in [3.05, 3.63) is 30.1 Å². The monoisotopic (exact) mass is 165 g/mol. The van der Waals surface area contributed by atoms with Gasteiger partial charge in [0.2, 0.25) is 5.91 Å². The maximum atomic E-state index is 10.5. The van der Waals surface area contributed by atoms with E-state index in [2.05, 4.69) is 4.98 Å². The molecule has 1 aromatic rings. The second-order valence-corrected chi connectivity index (χ2v) is 2.56. The topological polar surface area (TPSA) is 82.0 Å². The smallest absolute Gasteiger partial charge is 0.219 e. The van der Waals surface area contributed by atoms with E-state index in [4.69, 9.17) is 11.5 Å². The zero-order valence-corrected chi connectivity index (χ0v) is 6.60. The SMILES string of the molecule is NC(=O)C[C@@H](N)c1ccncc1. The predicted molar refractivity (Wildman–Crippen MR) is 45.0 cm³/mol. The van der Waals surface area contributed by atoms with Gasteiger partial charge in [0.05, 0.1) is 0 Å². The fourth-order valence-electron chi connectivity index (χ4n) is 0.945. The summed E-state index contributed by atoms with van der Waals surface area (Å²) >= 11 is 0. The molecule has 4 N–H and O–H groups in total. The van der Waals surface area contributed by atoms with Gasteiger partial charge in [0.25, 0.3) is 0 Å². The summed E-state index contributed by atoms with van der Waals surface area (Å²) in [5.74, 6) is -0.390. The zero-order valence-electron chi connectivity index (χ0n) is 6.60. The summed E-state index contributed by atoms with van der Waals surface area (Å²) in [6, 6.07) is 3.23. The third kappa shape index (κ3) is 2.32. The maximum Gasteiger partial charge on any atom is 0.219 e. The molecule has 4 heteroatoms. The minimum atomic E-state index is -0.390. The van der Waals surface area contributed by atoms with Crippen LogP contribution in [-0.2, 0) is 4.79 Å². The van der Waals surface area contributed by atoms with E-state index in [0.29, 0.717) is 0 Å². The van der Waals surface area contributed by atoms with Crippen LogP contribution in [0.25, 0.3) is 0 Å². The van der Waals surface area contributed by atoms with Crippen molar-refractivity contribution in [1.82, 2.24) is 4.98 Å². The largest absolute Gasteiger partial charge is 0.370 e. The number of primary amides is 1. The first-order chi connectivity index (χ1) is 5.70. The van der Waals surface area contributed by atoms with Crippen molar-refractivity contribution >= 4 is 5.91 Å². The van der Waals surface area contributed by atoms with Crippen LogP contribution < -0.4 is 11.5 Å². The normalized spacial score (nSPS) is 12.4. The first-order valence-corrected chi connectivity index (χ1v) is 3.64.